The average molecular weight is 310 g/mol. The third-order valence-corrected chi connectivity index (χ3v) is 4.32. The standard InChI is InChI=1S/C14H18N2O2S2/c1-3-8-17-12-4-6-13(7-5-12)18-9-10-19-14-16-15-11(2)20-14/h4-7H,3,8-10H2,1-2H3. The zero-order valence-corrected chi connectivity index (χ0v) is 13.3. The average Bonchev–Trinajstić information content (AvgIpc) is 2.88. The highest BCUT2D eigenvalue weighted by molar-refractivity contribution is 8.01. The van der Waals surface area contributed by atoms with Gasteiger partial charge in [-0.1, -0.05) is 30.0 Å². The molecule has 6 heteroatoms. The van der Waals surface area contributed by atoms with Crippen LogP contribution in [0.3, 0.4) is 0 Å². The van der Waals surface area contributed by atoms with Gasteiger partial charge in [0.25, 0.3) is 0 Å². The van der Waals surface area contributed by atoms with E-state index in [0.717, 1.165) is 39.6 Å². The first-order valence-corrected chi connectivity index (χ1v) is 8.36. The Morgan fingerprint density at radius 3 is 2.25 bits per heavy atom. The summed E-state index contributed by atoms with van der Waals surface area (Å²) in [6.07, 6.45) is 1.01. The van der Waals surface area contributed by atoms with E-state index in [1.165, 1.54) is 0 Å². The number of hydrogen-bond donors (Lipinski definition) is 0. The van der Waals surface area contributed by atoms with Crippen molar-refractivity contribution in [2.75, 3.05) is 19.0 Å². The molecule has 2 aromatic rings. The highest BCUT2D eigenvalue weighted by Crippen LogP contribution is 2.22. The topological polar surface area (TPSA) is 44.2 Å². The molecule has 1 heterocycles. The summed E-state index contributed by atoms with van der Waals surface area (Å²) in [6.45, 7) is 5.45. The number of benzene rings is 1. The number of thioether (sulfide) groups is 1. The van der Waals surface area contributed by atoms with E-state index in [1.807, 2.05) is 31.2 Å². The first-order valence-electron chi connectivity index (χ1n) is 6.56. The van der Waals surface area contributed by atoms with E-state index in [-0.39, 0.29) is 0 Å². The molecule has 1 aromatic carbocycles. The van der Waals surface area contributed by atoms with Crippen LogP contribution in [-0.2, 0) is 0 Å². The van der Waals surface area contributed by atoms with Gasteiger partial charge in [0.05, 0.1) is 13.2 Å². The molecule has 0 atom stereocenters. The van der Waals surface area contributed by atoms with Gasteiger partial charge in [0.2, 0.25) is 0 Å². The van der Waals surface area contributed by atoms with E-state index in [4.69, 9.17) is 9.47 Å². The molecule has 0 saturated heterocycles. The minimum atomic E-state index is 0.651. The van der Waals surface area contributed by atoms with Crippen LogP contribution in [0.4, 0.5) is 0 Å². The summed E-state index contributed by atoms with van der Waals surface area (Å²) in [4.78, 5) is 0. The maximum Gasteiger partial charge on any atom is 0.174 e. The van der Waals surface area contributed by atoms with E-state index >= 15 is 0 Å². The van der Waals surface area contributed by atoms with Crippen molar-refractivity contribution in [3.05, 3.63) is 29.3 Å². The molecule has 0 unspecified atom stereocenters. The van der Waals surface area contributed by atoms with Crippen molar-refractivity contribution in [3.63, 3.8) is 0 Å². The predicted molar refractivity (Wildman–Crippen MR) is 83.1 cm³/mol. The summed E-state index contributed by atoms with van der Waals surface area (Å²) < 4.78 is 12.2. The molecule has 0 aliphatic carbocycles. The molecular formula is C14H18N2O2S2. The van der Waals surface area contributed by atoms with Crippen LogP contribution in [0.15, 0.2) is 28.6 Å². The zero-order valence-electron chi connectivity index (χ0n) is 11.7. The number of ether oxygens (including phenoxy) is 2. The number of aromatic nitrogens is 2. The van der Waals surface area contributed by atoms with Crippen LogP contribution in [0.2, 0.25) is 0 Å². The van der Waals surface area contributed by atoms with Crippen molar-refractivity contribution in [1.82, 2.24) is 10.2 Å². The molecule has 0 spiro atoms. The summed E-state index contributed by atoms with van der Waals surface area (Å²) >= 11 is 3.28. The van der Waals surface area contributed by atoms with Crippen LogP contribution in [0.1, 0.15) is 18.4 Å². The lowest BCUT2D eigenvalue weighted by atomic mass is 10.3. The number of aryl methyl sites for hydroxylation is 1. The van der Waals surface area contributed by atoms with Gasteiger partial charge in [-0.2, -0.15) is 0 Å². The number of nitrogens with zero attached hydrogens (tertiary/aromatic N) is 2. The lowest BCUT2D eigenvalue weighted by Crippen LogP contribution is -2.00. The Balaban J connectivity index is 1.68. The maximum atomic E-state index is 5.67. The SMILES string of the molecule is CCCOc1ccc(OCCSc2nnc(C)s2)cc1. The van der Waals surface area contributed by atoms with Crippen LogP contribution >= 0.6 is 23.1 Å². The molecule has 0 saturated carbocycles. The van der Waals surface area contributed by atoms with Crippen LogP contribution < -0.4 is 9.47 Å². The Morgan fingerprint density at radius 2 is 1.70 bits per heavy atom. The fourth-order valence-electron chi connectivity index (χ4n) is 1.48. The second kappa shape index (κ2) is 8.11. The van der Waals surface area contributed by atoms with Crippen molar-refractivity contribution in [3.8, 4) is 11.5 Å². The largest absolute Gasteiger partial charge is 0.494 e. The second-order valence-electron chi connectivity index (χ2n) is 4.10. The van der Waals surface area contributed by atoms with Gasteiger partial charge in [0, 0.05) is 5.75 Å². The molecule has 4 nitrogen and oxygen atoms in total. The third-order valence-electron chi connectivity index (χ3n) is 2.38. The van der Waals surface area contributed by atoms with E-state index in [9.17, 15) is 0 Å². The number of rotatable bonds is 8. The number of hydrogen-bond acceptors (Lipinski definition) is 6. The predicted octanol–water partition coefficient (Wildman–Crippen LogP) is 3.81. The van der Waals surface area contributed by atoms with Gasteiger partial charge >= 0.3 is 0 Å². The van der Waals surface area contributed by atoms with Crippen LogP contribution in [0.5, 0.6) is 11.5 Å². The molecular weight excluding hydrogens is 292 g/mol. The van der Waals surface area contributed by atoms with Crippen molar-refractivity contribution >= 4 is 23.1 Å². The molecule has 0 N–H and O–H groups in total. The van der Waals surface area contributed by atoms with Crippen LogP contribution in [0, 0.1) is 6.92 Å². The molecule has 0 aliphatic rings. The third kappa shape index (κ3) is 5.02. The lowest BCUT2D eigenvalue weighted by Gasteiger charge is -2.07. The highest BCUT2D eigenvalue weighted by Gasteiger charge is 2.01. The first kappa shape index (κ1) is 15.1. The van der Waals surface area contributed by atoms with Gasteiger partial charge in [-0.3, -0.25) is 0 Å². The van der Waals surface area contributed by atoms with E-state index in [1.54, 1.807) is 23.1 Å². The van der Waals surface area contributed by atoms with Crippen LogP contribution in [-0.4, -0.2) is 29.2 Å². The summed E-state index contributed by atoms with van der Waals surface area (Å²) in [5, 5.41) is 9.04. The van der Waals surface area contributed by atoms with Crippen molar-refractivity contribution in [2.45, 2.75) is 24.6 Å². The molecule has 1 aromatic heterocycles. The van der Waals surface area contributed by atoms with E-state index in [2.05, 4.69) is 17.1 Å². The highest BCUT2D eigenvalue weighted by atomic mass is 32.2. The second-order valence-corrected chi connectivity index (χ2v) is 6.63. The minimum Gasteiger partial charge on any atom is -0.494 e. The summed E-state index contributed by atoms with van der Waals surface area (Å²) in [5.74, 6) is 2.61. The van der Waals surface area contributed by atoms with Gasteiger partial charge in [-0.05, 0) is 37.6 Å². The molecule has 0 amide bonds. The van der Waals surface area contributed by atoms with Crippen LogP contribution in [0.25, 0.3) is 0 Å². The molecule has 0 radical (unpaired) electrons. The van der Waals surface area contributed by atoms with E-state index in [0.29, 0.717) is 6.61 Å². The van der Waals surface area contributed by atoms with Gasteiger partial charge in [0.1, 0.15) is 16.5 Å². The molecule has 108 valence electrons. The Bertz CT molecular complexity index is 514. The summed E-state index contributed by atoms with van der Waals surface area (Å²) in [7, 11) is 0. The Morgan fingerprint density at radius 1 is 1.05 bits per heavy atom. The van der Waals surface area contributed by atoms with Gasteiger partial charge in [-0.15, -0.1) is 10.2 Å². The van der Waals surface area contributed by atoms with Crippen molar-refractivity contribution in [1.29, 1.82) is 0 Å². The minimum absolute atomic E-state index is 0.651. The normalized spacial score (nSPS) is 10.5. The summed E-state index contributed by atoms with van der Waals surface area (Å²) in [6, 6.07) is 7.74. The Kier molecular flexibility index (Phi) is 6.14. The molecule has 0 aliphatic heterocycles. The van der Waals surface area contributed by atoms with E-state index < -0.39 is 0 Å². The van der Waals surface area contributed by atoms with Gasteiger partial charge in [-0.25, -0.2) is 0 Å². The zero-order chi connectivity index (χ0) is 14.2. The monoisotopic (exact) mass is 310 g/mol. The fourth-order valence-corrected chi connectivity index (χ4v) is 3.18. The Labute approximate surface area is 127 Å². The first-order chi connectivity index (χ1) is 9.78. The quantitative estimate of drug-likeness (QED) is 0.548. The molecule has 2 rings (SSSR count). The van der Waals surface area contributed by atoms with Crippen molar-refractivity contribution < 1.29 is 9.47 Å². The molecule has 20 heavy (non-hydrogen) atoms. The molecule has 0 fully saturated rings. The van der Waals surface area contributed by atoms with Gasteiger partial charge in [0.15, 0.2) is 4.34 Å². The van der Waals surface area contributed by atoms with Gasteiger partial charge < -0.3 is 9.47 Å². The molecule has 0 bridgehead atoms. The fraction of sp³-hybridized carbons (Fsp3) is 0.429. The van der Waals surface area contributed by atoms with Crippen molar-refractivity contribution in [2.24, 2.45) is 0 Å². The smallest absolute Gasteiger partial charge is 0.174 e. The Hall–Kier alpha value is -1.27. The summed E-state index contributed by atoms with van der Waals surface area (Å²) in [5.41, 5.74) is 0. The lowest BCUT2D eigenvalue weighted by molar-refractivity contribution is 0.314. The maximum absolute atomic E-state index is 5.67.